The van der Waals surface area contributed by atoms with Crippen molar-refractivity contribution < 1.29 is 9.59 Å². The van der Waals surface area contributed by atoms with Crippen LogP contribution in [-0.4, -0.2) is 52.8 Å². The number of hydrogen-bond donors (Lipinski definition) is 0. The van der Waals surface area contributed by atoms with Crippen LogP contribution in [0.5, 0.6) is 0 Å². The van der Waals surface area contributed by atoms with Crippen molar-refractivity contribution >= 4 is 22.7 Å². The summed E-state index contributed by atoms with van der Waals surface area (Å²) in [5.74, 6) is 0.418. The van der Waals surface area contributed by atoms with Crippen LogP contribution in [0.3, 0.4) is 0 Å². The molecule has 2 aliphatic heterocycles. The SMILES string of the molecule is O=C(c1ccnc2ccccc12)N1CCC(C(=O)N2CCCC2)CC1. The van der Waals surface area contributed by atoms with Crippen molar-refractivity contribution in [3.8, 4) is 0 Å². The van der Waals surface area contributed by atoms with E-state index in [4.69, 9.17) is 0 Å². The van der Waals surface area contributed by atoms with Gasteiger partial charge in [-0.1, -0.05) is 18.2 Å². The topological polar surface area (TPSA) is 53.5 Å². The largest absolute Gasteiger partial charge is 0.342 e. The van der Waals surface area contributed by atoms with Crippen LogP contribution in [0.1, 0.15) is 36.0 Å². The molecule has 0 aliphatic carbocycles. The van der Waals surface area contributed by atoms with Gasteiger partial charge < -0.3 is 9.80 Å². The Bertz CT molecular complexity index is 785. The molecule has 1 aromatic carbocycles. The van der Waals surface area contributed by atoms with Gasteiger partial charge in [0.25, 0.3) is 5.91 Å². The van der Waals surface area contributed by atoms with Crippen molar-refractivity contribution in [2.75, 3.05) is 26.2 Å². The van der Waals surface area contributed by atoms with Crippen molar-refractivity contribution in [2.45, 2.75) is 25.7 Å². The minimum absolute atomic E-state index is 0.0469. The van der Waals surface area contributed by atoms with E-state index in [1.54, 1.807) is 12.3 Å². The molecule has 1 aromatic heterocycles. The van der Waals surface area contributed by atoms with Crippen LogP contribution in [0.25, 0.3) is 10.9 Å². The Balaban J connectivity index is 1.45. The van der Waals surface area contributed by atoms with Crippen LogP contribution in [-0.2, 0) is 4.79 Å². The van der Waals surface area contributed by atoms with E-state index in [2.05, 4.69) is 4.98 Å². The van der Waals surface area contributed by atoms with E-state index in [1.165, 1.54) is 0 Å². The molecular weight excluding hydrogens is 314 g/mol. The highest BCUT2D eigenvalue weighted by molar-refractivity contribution is 6.06. The first-order valence-corrected chi connectivity index (χ1v) is 9.16. The molecule has 2 saturated heterocycles. The summed E-state index contributed by atoms with van der Waals surface area (Å²) in [6.07, 6.45) is 5.48. The van der Waals surface area contributed by atoms with Crippen LogP contribution < -0.4 is 0 Å². The summed E-state index contributed by atoms with van der Waals surface area (Å²) in [5.41, 5.74) is 1.54. The Morgan fingerprint density at radius 3 is 2.40 bits per heavy atom. The van der Waals surface area contributed by atoms with Gasteiger partial charge >= 0.3 is 0 Å². The molecule has 130 valence electrons. The highest BCUT2D eigenvalue weighted by Gasteiger charge is 2.31. The van der Waals surface area contributed by atoms with Gasteiger partial charge in [0.2, 0.25) is 5.91 Å². The van der Waals surface area contributed by atoms with Crippen molar-refractivity contribution in [3.05, 3.63) is 42.1 Å². The average molecular weight is 337 g/mol. The fourth-order valence-corrected chi connectivity index (χ4v) is 3.98. The second-order valence-electron chi connectivity index (χ2n) is 6.97. The fourth-order valence-electron chi connectivity index (χ4n) is 3.98. The number of nitrogens with zero attached hydrogens (tertiary/aromatic N) is 3. The Labute approximate surface area is 147 Å². The van der Waals surface area contributed by atoms with Crippen LogP contribution in [0.2, 0.25) is 0 Å². The third-order valence-electron chi connectivity index (χ3n) is 5.43. The maximum Gasteiger partial charge on any atom is 0.254 e. The lowest BCUT2D eigenvalue weighted by Crippen LogP contribution is -2.43. The quantitative estimate of drug-likeness (QED) is 0.847. The molecule has 0 spiro atoms. The number of rotatable bonds is 2. The van der Waals surface area contributed by atoms with Crippen molar-refractivity contribution in [1.29, 1.82) is 0 Å². The maximum atomic E-state index is 12.9. The number of likely N-dealkylation sites (tertiary alicyclic amines) is 2. The highest BCUT2D eigenvalue weighted by Crippen LogP contribution is 2.25. The molecule has 5 heteroatoms. The third-order valence-corrected chi connectivity index (χ3v) is 5.43. The van der Waals surface area contributed by atoms with Gasteiger partial charge in [0, 0.05) is 43.7 Å². The second-order valence-corrected chi connectivity index (χ2v) is 6.97. The summed E-state index contributed by atoms with van der Waals surface area (Å²) in [6, 6.07) is 9.53. The molecule has 3 heterocycles. The Morgan fingerprint density at radius 1 is 0.920 bits per heavy atom. The van der Waals surface area contributed by atoms with Crippen LogP contribution >= 0.6 is 0 Å². The predicted octanol–water partition coefficient (Wildman–Crippen LogP) is 2.71. The molecule has 2 fully saturated rings. The smallest absolute Gasteiger partial charge is 0.254 e. The zero-order valence-electron chi connectivity index (χ0n) is 14.4. The Kier molecular flexibility index (Phi) is 4.38. The van der Waals surface area contributed by atoms with Gasteiger partial charge in [0.05, 0.1) is 11.1 Å². The molecule has 0 atom stereocenters. The van der Waals surface area contributed by atoms with E-state index in [-0.39, 0.29) is 11.8 Å². The average Bonchev–Trinajstić information content (AvgIpc) is 3.21. The number of aromatic nitrogens is 1. The van der Waals surface area contributed by atoms with E-state index >= 15 is 0 Å². The number of piperidine rings is 1. The lowest BCUT2D eigenvalue weighted by Gasteiger charge is -2.33. The first-order chi connectivity index (χ1) is 12.2. The molecule has 0 radical (unpaired) electrons. The number of fused-ring (bicyclic) bond motifs is 1. The van der Waals surface area contributed by atoms with E-state index in [9.17, 15) is 9.59 Å². The molecule has 0 unspecified atom stereocenters. The van der Waals surface area contributed by atoms with Crippen molar-refractivity contribution in [3.63, 3.8) is 0 Å². The number of para-hydroxylation sites is 1. The van der Waals surface area contributed by atoms with E-state index < -0.39 is 0 Å². The molecule has 2 aromatic rings. The second kappa shape index (κ2) is 6.82. The zero-order chi connectivity index (χ0) is 17.2. The predicted molar refractivity (Wildman–Crippen MR) is 96.2 cm³/mol. The minimum Gasteiger partial charge on any atom is -0.342 e. The number of carbonyl (C=O) groups excluding carboxylic acids is 2. The van der Waals surface area contributed by atoms with Gasteiger partial charge in [0.15, 0.2) is 0 Å². The summed E-state index contributed by atoms with van der Waals surface area (Å²) in [6.45, 7) is 3.11. The standard InChI is InChI=1S/C20H23N3O2/c24-19(22-11-3-4-12-22)15-8-13-23(14-9-15)20(25)17-7-10-21-18-6-2-1-5-16(17)18/h1-2,5-7,10,15H,3-4,8-9,11-14H2. The fraction of sp³-hybridized carbons (Fsp3) is 0.450. The monoisotopic (exact) mass is 337 g/mol. The van der Waals surface area contributed by atoms with Gasteiger partial charge in [-0.2, -0.15) is 0 Å². The Hall–Kier alpha value is -2.43. The van der Waals surface area contributed by atoms with E-state index in [0.717, 1.165) is 49.7 Å². The number of carbonyl (C=O) groups is 2. The number of pyridine rings is 1. The van der Waals surface area contributed by atoms with Crippen molar-refractivity contribution in [1.82, 2.24) is 14.8 Å². The van der Waals surface area contributed by atoms with Crippen LogP contribution in [0.4, 0.5) is 0 Å². The summed E-state index contributed by atoms with van der Waals surface area (Å²) < 4.78 is 0. The van der Waals surface area contributed by atoms with Crippen LogP contribution in [0.15, 0.2) is 36.5 Å². The van der Waals surface area contributed by atoms with Crippen LogP contribution in [0, 0.1) is 5.92 Å². The molecule has 0 N–H and O–H groups in total. The molecule has 2 aliphatic rings. The molecule has 2 amide bonds. The van der Waals surface area contributed by atoms with Gasteiger partial charge in [-0.25, -0.2) is 0 Å². The lowest BCUT2D eigenvalue weighted by molar-refractivity contribution is -0.135. The molecule has 25 heavy (non-hydrogen) atoms. The van der Waals surface area contributed by atoms with Gasteiger partial charge in [0.1, 0.15) is 0 Å². The molecule has 0 bridgehead atoms. The van der Waals surface area contributed by atoms with Crippen molar-refractivity contribution in [2.24, 2.45) is 5.92 Å². The van der Waals surface area contributed by atoms with E-state index in [0.29, 0.717) is 24.6 Å². The number of amides is 2. The summed E-state index contributed by atoms with van der Waals surface area (Å²) in [5, 5.41) is 0.894. The summed E-state index contributed by atoms with van der Waals surface area (Å²) in [7, 11) is 0. The zero-order valence-corrected chi connectivity index (χ0v) is 14.4. The van der Waals surface area contributed by atoms with E-state index in [1.807, 2.05) is 34.1 Å². The number of hydrogen-bond acceptors (Lipinski definition) is 3. The molecular formula is C20H23N3O2. The first kappa shape index (κ1) is 16.1. The molecule has 0 saturated carbocycles. The molecule has 5 nitrogen and oxygen atoms in total. The molecule has 4 rings (SSSR count). The third kappa shape index (κ3) is 3.11. The number of benzene rings is 1. The van der Waals surface area contributed by atoms with Gasteiger partial charge in [-0.05, 0) is 37.8 Å². The highest BCUT2D eigenvalue weighted by atomic mass is 16.2. The summed E-state index contributed by atoms with van der Waals surface area (Å²) >= 11 is 0. The Morgan fingerprint density at radius 2 is 1.64 bits per heavy atom. The minimum atomic E-state index is 0.0469. The van der Waals surface area contributed by atoms with Gasteiger partial charge in [-0.3, -0.25) is 14.6 Å². The normalized spacial score (nSPS) is 18.7. The first-order valence-electron chi connectivity index (χ1n) is 9.16. The maximum absolute atomic E-state index is 12.9. The lowest BCUT2D eigenvalue weighted by atomic mass is 9.94. The van der Waals surface area contributed by atoms with Gasteiger partial charge in [-0.15, -0.1) is 0 Å². The summed E-state index contributed by atoms with van der Waals surface area (Å²) in [4.78, 5) is 33.7.